The Bertz CT molecular complexity index is 1930. The third kappa shape index (κ3) is 5.70. The number of benzene rings is 2. The molecule has 0 amide bonds. The number of carbonyl (C=O) groups is 2. The largest absolute Gasteiger partial charge is 0.491 e. The van der Waals surface area contributed by atoms with Crippen molar-refractivity contribution in [3.8, 4) is 11.4 Å². The van der Waals surface area contributed by atoms with E-state index in [4.69, 9.17) is 9.47 Å². The van der Waals surface area contributed by atoms with Crippen LogP contribution in [-0.2, 0) is 9.53 Å². The molecule has 0 aliphatic carbocycles. The number of fused-ring (bicyclic) bond motifs is 1. The van der Waals surface area contributed by atoms with Gasteiger partial charge < -0.3 is 19.1 Å². The highest BCUT2D eigenvalue weighted by Gasteiger charge is 2.33. The molecule has 5 rings (SSSR count). The molecule has 4 aromatic rings. The van der Waals surface area contributed by atoms with E-state index in [-0.39, 0.29) is 23.8 Å². The summed E-state index contributed by atoms with van der Waals surface area (Å²) in [5.41, 5.74) is 5.00. The minimum atomic E-state index is -0.983. The number of aromatic carboxylic acids is 1. The summed E-state index contributed by atoms with van der Waals surface area (Å²) in [6.45, 7) is 11.5. The Labute approximate surface area is 252 Å². The molecule has 1 aliphatic rings. The first-order valence-electron chi connectivity index (χ1n) is 14.0. The molecule has 2 aromatic heterocycles. The zero-order valence-electron chi connectivity index (χ0n) is 24.9. The van der Waals surface area contributed by atoms with Crippen LogP contribution in [0.5, 0.6) is 5.75 Å². The van der Waals surface area contributed by atoms with Gasteiger partial charge in [0.25, 0.3) is 5.56 Å². The van der Waals surface area contributed by atoms with Gasteiger partial charge in [0.2, 0.25) is 0 Å². The number of allylic oxidation sites excluding steroid dienone is 1. The summed E-state index contributed by atoms with van der Waals surface area (Å²) in [6, 6.07) is 15.3. The molecule has 10 heteroatoms. The molecule has 0 spiro atoms. The second-order valence-electron chi connectivity index (χ2n) is 10.6. The monoisotopic (exact) mass is 599 g/mol. The zero-order chi connectivity index (χ0) is 31.0. The smallest absolute Gasteiger partial charge is 0.338 e. The van der Waals surface area contributed by atoms with Crippen LogP contribution in [0.1, 0.15) is 66.6 Å². The summed E-state index contributed by atoms with van der Waals surface area (Å²) in [6.07, 6.45) is 1.85. The fraction of sp³-hybridized carbons (Fsp3) is 0.273. The molecule has 1 aliphatic heterocycles. The van der Waals surface area contributed by atoms with Crippen molar-refractivity contribution in [3.05, 3.63) is 114 Å². The molecule has 3 heterocycles. The van der Waals surface area contributed by atoms with Gasteiger partial charge in [-0.3, -0.25) is 9.36 Å². The number of aromatic nitrogens is 2. The maximum absolute atomic E-state index is 14.0. The van der Waals surface area contributed by atoms with E-state index in [0.29, 0.717) is 26.4 Å². The Morgan fingerprint density at radius 3 is 2.35 bits per heavy atom. The molecule has 0 saturated heterocycles. The number of nitrogens with zero attached hydrogens (tertiary/aromatic N) is 3. The van der Waals surface area contributed by atoms with E-state index in [2.05, 4.69) is 4.99 Å². The van der Waals surface area contributed by atoms with Gasteiger partial charge in [-0.05, 0) is 101 Å². The average Bonchev–Trinajstić information content (AvgIpc) is 3.41. The van der Waals surface area contributed by atoms with E-state index < -0.39 is 18.0 Å². The Morgan fingerprint density at radius 1 is 1.07 bits per heavy atom. The van der Waals surface area contributed by atoms with Crippen LogP contribution in [0.15, 0.2) is 75.7 Å². The Kier molecular flexibility index (Phi) is 8.23. The number of carboxylic acids is 1. The lowest BCUT2D eigenvalue weighted by molar-refractivity contribution is -0.139. The lowest BCUT2D eigenvalue weighted by atomic mass is 9.96. The summed E-state index contributed by atoms with van der Waals surface area (Å²) < 4.78 is 15.3. The molecule has 43 heavy (non-hydrogen) atoms. The first-order valence-corrected chi connectivity index (χ1v) is 14.8. The molecule has 9 nitrogen and oxygen atoms in total. The summed E-state index contributed by atoms with van der Waals surface area (Å²) >= 11 is 1.27. The highest BCUT2D eigenvalue weighted by molar-refractivity contribution is 7.07. The topological polar surface area (TPSA) is 112 Å². The number of hydrogen-bond acceptors (Lipinski definition) is 7. The quantitative estimate of drug-likeness (QED) is 0.294. The molecule has 2 aromatic carbocycles. The van der Waals surface area contributed by atoms with Crippen molar-refractivity contribution < 1.29 is 24.2 Å². The van der Waals surface area contributed by atoms with Gasteiger partial charge in [-0.15, -0.1) is 0 Å². The van der Waals surface area contributed by atoms with Crippen molar-refractivity contribution in [3.63, 3.8) is 0 Å². The van der Waals surface area contributed by atoms with Crippen LogP contribution in [-0.4, -0.2) is 38.9 Å². The average molecular weight is 600 g/mol. The van der Waals surface area contributed by atoms with Crippen LogP contribution in [0.2, 0.25) is 0 Å². The van der Waals surface area contributed by atoms with Crippen molar-refractivity contribution in [2.75, 3.05) is 6.61 Å². The van der Waals surface area contributed by atoms with E-state index in [1.807, 2.05) is 68.7 Å². The fourth-order valence-corrected chi connectivity index (χ4v) is 6.37. The fourth-order valence-electron chi connectivity index (χ4n) is 5.33. The van der Waals surface area contributed by atoms with Crippen LogP contribution in [0.25, 0.3) is 11.8 Å². The Morgan fingerprint density at radius 2 is 1.74 bits per heavy atom. The lowest BCUT2D eigenvalue weighted by Gasteiger charge is -2.25. The lowest BCUT2D eigenvalue weighted by Crippen LogP contribution is -2.39. The number of ether oxygens (including phenoxy) is 2. The van der Waals surface area contributed by atoms with Gasteiger partial charge in [-0.25, -0.2) is 14.6 Å². The normalized spacial score (nSPS) is 15.0. The van der Waals surface area contributed by atoms with Crippen LogP contribution in [0, 0.1) is 13.8 Å². The zero-order valence-corrected chi connectivity index (χ0v) is 25.7. The van der Waals surface area contributed by atoms with Gasteiger partial charge >= 0.3 is 11.9 Å². The van der Waals surface area contributed by atoms with Gasteiger partial charge in [0.1, 0.15) is 5.75 Å². The molecule has 1 N–H and O–H groups in total. The van der Waals surface area contributed by atoms with Crippen molar-refractivity contribution in [2.24, 2.45) is 4.99 Å². The molecule has 0 unspecified atom stereocenters. The van der Waals surface area contributed by atoms with Gasteiger partial charge in [0.05, 0.1) is 40.1 Å². The highest BCUT2D eigenvalue weighted by Crippen LogP contribution is 2.32. The van der Waals surface area contributed by atoms with Crippen molar-refractivity contribution in [2.45, 2.75) is 53.7 Å². The summed E-state index contributed by atoms with van der Waals surface area (Å²) in [4.78, 5) is 43.7. The van der Waals surface area contributed by atoms with E-state index in [1.165, 1.54) is 11.3 Å². The molecular formula is C33H33N3O6S. The summed E-state index contributed by atoms with van der Waals surface area (Å²) in [7, 11) is 0. The van der Waals surface area contributed by atoms with Crippen molar-refractivity contribution in [1.29, 1.82) is 0 Å². The molecule has 0 radical (unpaired) electrons. The molecule has 1 atom stereocenters. The Hall–Kier alpha value is -4.70. The van der Waals surface area contributed by atoms with Crippen LogP contribution >= 0.6 is 11.3 Å². The maximum atomic E-state index is 14.0. The first-order chi connectivity index (χ1) is 20.5. The van der Waals surface area contributed by atoms with Crippen LogP contribution < -0.4 is 19.6 Å². The van der Waals surface area contributed by atoms with Crippen LogP contribution in [0.3, 0.4) is 0 Å². The predicted molar refractivity (Wildman–Crippen MR) is 165 cm³/mol. The second kappa shape index (κ2) is 11.9. The molecule has 222 valence electrons. The van der Waals surface area contributed by atoms with Crippen molar-refractivity contribution in [1.82, 2.24) is 9.13 Å². The van der Waals surface area contributed by atoms with Gasteiger partial charge in [-0.1, -0.05) is 23.5 Å². The second-order valence-corrected chi connectivity index (χ2v) is 11.6. The summed E-state index contributed by atoms with van der Waals surface area (Å²) in [5.74, 6) is -0.802. The maximum Gasteiger partial charge on any atom is 0.338 e. The molecule has 0 bridgehead atoms. The SMILES string of the molecule is CCOC(=O)C1=C(C)N=c2s/c(=C\c3cc(C)n(-c4ccc(C(=O)O)cc4)c3C)c(=O)n2[C@@H]1c1ccc(OC(C)C)cc1. The Balaban J connectivity index is 1.63. The number of rotatable bonds is 8. The van der Waals surface area contributed by atoms with E-state index >= 15 is 0 Å². The van der Waals surface area contributed by atoms with E-state index in [9.17, 15) is 19.5 Å². The third-order valence-corrected chi connectivity index (χ3v) is 8.20. The van der Waals surface area contributed by atoms with Gasteiger partial charge in [-0.2, -0.15) is 0 Å². The van der Waals surface area contributed by atoms with Crippen molar-refractivity contribution >= 4 is 29.4 Å². The number of esters is 1. The number of carboxylic acid groups (broad SMARTS) is 1. The van der Waals surface area contributed by atoms with Gasteiger partial charge in [0, 0.05) is 17.1 Å². The molecule has 0 saturated carbocycles. The minimum Gasteiger partial charge on any atom is -0.491 e. The van der Waals surface area contributed by atoms with Crippen LogP contribution in [0.4, 0.5) is 0 Å². The standard InChI is InChI=1S/C33H33N3O6S/c1-7-41-32(40)28-20(5)34-33-36(29(28)22-10-14-26(15-11-22)42-18(2)3)30(37)27(43-33)17-24-16-19(4)35(21(24)6)25-12-8-23(9-13-25)31(38)39/h8-18,29H,7H2,1-6H3,(H,38,39)/b27-17-/t29-/m1/s1. The number of thiazole rings is 1. The number of carbonyl (C=O) groups excluding carboxylic acids is 1. The third-order valence-electron chi connectivity index (χ3n) is 7.21. The molecule has 0 fully saturated rings. The minimum absolute atomic E-state index is 0.00631. The molecular weight excluding hydrogens is 566 g/mol. The highest BCUT2D eigenvalue weighted by atomic mass is 32.1. The number of hydrogen-bond donors (Lipinski definition) is 1. The van der Waals surface area contributed by atoms with E-state index in [1.54, 1.807) is 42.7 Å². The summed E-state index contributed by atoms with van der Waals surface area (Å²) in [5, 5.41) is 9.26. The first kappa shape index (κ1) is 29.8. The predicted octanol–water partition coefficient (Wildman–Crippen LogP) is 4.69. The van der Waals surface area contributed by atoms with E-state index in [0.717, 1.165) is 28.2 Å². The number of aryl methyl sites for hydroxylation is 1. The van der Waals surface area contributed by atoms with Gasteiger partial charge in [0.15, 0.2) is 4.80 Å².